The van der Waals surface area contributed by atoms with Crippen molar-refractivity contribution in [2.75, 3.05) is 0 Å². The zero-order valence-electron chi connectivity index (χ0n) is 8.53. The SMILES string of the molecule is CC(=O)CCC(=O)OC(C)OC(C)=O. The molecule has 1 unspecified atom stereocenters. The van der Waals surface area contributed by atoms with Crippen molar-refractivity contribution < 1.29 is 23.9 Å². The quantitative estimate of drug-likeness (QED) is 0.487. The van der Waals surface area contributed by atoms with E-state index in [1.54, 1.807) is 0 Å². The van der Waals surface area contributed by atoms with Gasteiger partial charge in [-0.1, -0.05) is 0 Å². The Labute approximate surface area is 82.4 Å². The van der Waals surface area contributed by atoms with E-state index >= 15 is 0 Å². The zero-order chi connectivity index (χ0) is 11.1. The number of esters is 2. The minimum Gasteiger partial charge on any atom is -0.426 e. The molecule has 0 aromatic heterocycles. The van der Waals surface area contributed by atoms with E-state index in [1.165, 1.54) is 20.8 Å². The third kappa shape index (κ3) is 7.27. The van der Waals surface area contributed by atoms with Crippen molar-refractivity contribution in [3.8, 4) is 0 Å². The Bertz CT molecular complexity index is 233. The van der Waals surface area contributed by atoms with Crippen LogP contribution in [0, 0.1) is 0 Å². The van der Waals surface area contributed by atoms with Crippen LogP contribution < -0.4 is 0 Å². The van der Waals surface area contributed by atoms with E-state index in [9.17, 15) is 14.4 Å². The second-order valence-electron chi connectivity index (χ2n) is 2.87. The van der Waals surface area contributed by atoms with Crippen LogP contribution in [0.4, 0.5) is 0 Å². The molecule has 0 fully saturated rings. The molecule has 0 spiro atoms. The lowest BCUT2D eigenvalue weighted by molar-refractivity contribution is -0.183. The average molecular weight is 202 g/mol. The number of ketones is 1. The van der Waals surface area contributed by atoms with Gasteiger partial charge in [-0.3, -0.25) is 9.59 Å². The summed E-state index contributed by atoms with van der Waals surface area (Å²) in [7, 11) is 0. The van der Waals surface area contributed by atoms with Gasteiger partial charge in [-0.25, -0.2) is 0 Å². The summed E-state index contributed by atoms with van der Waals surface area (Å²) < 4.78 is 9.24. The second kappa shape index (κ2) is 6.12. The Kier molecular flexibility index (Phi) is 5.52. The molecule has 0 saturated heterocycles. The van der Waals surface area contributed by atoms with Gasteiger partial charge in [0.05, 0.1) is 6.42 Å². The lowest BCUT2D eigenvalue weighted by atomic mass is 10.2. The highest BCUT2D eigenvalue weighted by Crippen LogP contribution is 2.00. The summed E-state index contributed by atoms with van der Waals surface area (Å²) in [6, 6.07) is 0. The first kappa shape index (κ1) is 12.6. The van der Waals surface area contributed by atoms with Gasteiger partial charge < -0.3 is 14.3 Å². The maximum absolute atomic E-state index is 11.0. The fourth-order valence-electron chi connectivity index (χ4n) is 0.780. The number of ether oxygens (including phenoxy) is 2. The highest BCUT2D eigenvalue weighted by Gasteiger charge is 2.11. The number of hydrogen-bond acceptors (Lipinski definition) is 5. The van der Waals surface area contributed by atoms with Gasteiger partial charge in [0.2, 0.25) is 6.29 Å². The minimum absolute atomic E-state index is 0.0148. The predicted octanol–water partition coefficient (Wildman–Crippen LogP) is 0.808. The summed E-state index contributed by atoms with van der Waals surface area (Å²) in [5.41, 5.74) is 0. The summed E-state index contributed by atoms with van der Waals surface area (Å²) >= 11 is 0. The van der Waals surface area contributed by atoms with Crippen LogP contribution in [0.3, 0.4) is 0 Å². The summed E-state index contributed by atoms with van der Waals surface area (Å²) in [5, 5.41) is 0. The molecule has 0 aliphatic heterocycles. The second-order valence-corrected chi connectivity index (χ2v) is 2.87. The highest BCUT2D eigenvalue weighted by molar-refractivity contribution is 5.81. The minimum atomic E-state index is -0.896. The first-order valence-corrected chi connectivity index (χ1v) is 4.28. The monoisotopic (exact) mass is 202 g/mol. The summed E-state index contributed by atoms with van der Waals surface area (Å²) in [6.07, 6.45) is -0.737. The van der Waals surface area contributed by atoms with Gasteiger partial charge in [0, 0.05) is 20.3 Å². The van der Waals surface area contributed by atoms with E-state index in [-0.39, 0.29) is 18.6 Å². The molecule has 0 radical (unpaired) electrons. The molecule has 0 aliphatic rings. The van der Waals surface area contributed by atoms with Gasteiger partial charge in [0.25, 0.3) is 0 Å². The summed E-state index contributed by atoms with van der Waals surface area (Å²) in [6.45, 7) is 4.05. The molecule has 1 atom stereocenters. The number of rotatable bonds is 5. The first-order valence-electron chi connectivity index (χ1n) is 4.28. The van der Waals surface area contributed by atoms with Gasteiger partial charge in [0.15, 0.2) is 0 Å². The molecule has 0 aliphatic carbocycles. The first-order chi connectivity index (χ1) is 6.41. The molecule has 0 heterocycles. The largest absolute Gasteiger partial charge is 0.426 e. The van der Waals surface area contributed by atoms with Crippen molar-refractivity contribution in [2.24, 2.45) is 0 Å². The molecule has 0 bridgehead atoms. The van der Waals surface area contributed by atoms with E-state index in [1.807, 2.05) is 0 Å². The third-order valence-electron chi connectivity index (χ3n) is 1.31. The molecule has 5 heteroatoms. The molecule has 0 aromatic carbocycles. The highest BCUT2D eigenvalue weighted by atomic mass is 16.7. The van der Waals surface area contributed by atoms with Crippen LogP contribution in [0.2, 0.25) is 0 Å². The Morgan fingerprint density at radius 2 is 1.64 bits per heavy atom. The van der Waals surface area contributed by atoms with Gasteiger partial charge in [-0.2, -0.15) is 0 Å². The van der Waals surface area contributed by atoms with Gasteiger partial charge in [-0.15, -0.1) is 0 Å². The summed E-state index contributed by atoms with van der Waals surface area (Å²) in [5.74, 6) is -1.15. The molecule has 5 nitrogen and oxygen atoms in total. The predicted molar refractivity (Wildman–Crippen MR) is 47.2 cm³/mol. The van der Waals surface area contributed by atoms with E-state index < -0.39 is 18.2 Å². The van der Waals surface area contributed by atoms with Crippen molar-refractivity contribution in [3.05, 3.63) is 0 Å². The molecule has 0 saturated carbocycles. The Morgan fingerprint density at radius 3 is 2.07 bits per heavy atom. The maximum atomic E-state index is 11.0. The normalized spacial score (nSPS) is 11.6. The molecular weight excluding hydrogens is 188 g/mol. The van der Waals surface area contributed by atoms with Crippen LogP contribution in [0.1, 0.15) is 33.6 Å². The van der Waals surface area contributed by atoms with Crippen LogP contribution >= 0.6 is 0 Å². The van der Waals surface area contributed by atoms with Crippen molar-refractivity contribution in [1.82, 2.24) is 0 Å². The smallest absolute Gasteiger partial charge is 0.309 e. The topological polar surface area (TPSA) is 69.7 Å². The standard InChI is InChI=1S/C9H14O5/c1-6(10)4-5-9(12)14-8(3)13-7(2)11/h8H,4-5H2,1-3H3. The lowest BCUT2D eigenvalue weighted by Crippen LogP contribution is -2.20. The molecule has 0 N–H and O–H groups in total. The van der Waals surface area contributed by atoms with Gasteiger partial charge in [-0.05, 0) is 6.92 Å². The van der Waals surface area contributed by atoms with Crippen LogP contribution in [0.25, 0.3) is 0 Å². The van der Waals surface area contributed by atoms with Crippen molar-refractivity contribution >= 4 is 17.7 Å². The molecule has 14 heavy (non-hydrogen) atoms. The van der Waals surface area contributed by atoms with E-state index in [4.69, 9.17) is 0 Å². The number of carbonyl (C=O) groups is 3. The molecule has 0 aromatic rings. The Morgan fingerprint density at radius 1 is 1.07 bits per heavy atom. The maximum Gasteiger partial charge on any atom is 0.309 e. The molecule has 80 valence electrons. The van der Waals surface area contributed by atoms with Crippen LogP contribution in [0.15, 0.2) is 0 Å². The number of hydrogen-bond donors (Lipinski definition) is 0. The molecule has 0 rings (SSSR count). The molecular formula is C9H14O5. The van der Waals surface area contributed by atoms with E-state index in [0.29, 0.717) is 0 Å². The van der Waals surface area contributed by atoms with E-state index in [0.717, 1.165) is 0 Å². The Hall–Kier alpha value is -1.39. The number of Topliss-reactive ketones (excluding diaryl/α,β-unsaturated/α-hetero) is 1. The van der Waals surface area contributed by atoms with Crippen molar-refractivity contribution in [3.63, 3.8) is 0 Å². The van der Waals surface area contributed by atoms with Crippen LogP contribution in [0.5, 0.6) is 0 Å². The summed E-state index contributed by atoms with van der Waals surface area (Å²) in [4.78, 5) is 31.9. The van der Waals surface area contributed by atoms with Crippen LogP contribution in [-0.2, 0) is 23.9 Å². The van der Waals surface area contributed by atoms with Gasteiger partial charge >= 0.3 is 11.9 Å². The van der Waals surface area contributed by atoms with Crippen LogP contribution in [-0.4, -0.2) is 24.0 Å². The fraction of sp³-hybridized carbons (Fsp3) is 0.667. The third-order valence-corrected chi connectivity index (χ3v) is 1.31. The Balaban J connectivity index is 3.71. The molecule has 0 amide bonds. The fourth-order valence-corrected chi connectivity index (χ4v) is 0.780. The average Bonchev–Trinajstić information content (AvgIpc) is 1.98. The van der Waals surface area contributed by atoms with Gasteiger partial charge in [0.1, 0.15) is 5.78 Å². The van der Waals surface area contributed by atoms with E-state index in [2.05, 4.69) is 9.47 Å². The lowest BCUT2D eigenvalue weighted by Gasteiger charge is -2.12. The van der Waals surface area contributed by atoms with Crippen molar-refractivity contribution in [2.45, 2.75) is 39.9 Å². The number of carbonyl (C=O) groups excluding carboxylic acids is 3. The van der Waals surface area contributed by atoms with Crippen molar-refractivity contribution in [1.29, 1.82) is 0 Å². The zero-order valence-corrected chi connectivity index (χ0v) is 8.53.